The molecule has 0 radical (unpaired) electrons. The van der Waals surface area contributed by atoms with Crippen LogP contribution in [-0.2, 0) is 14.8 Å². The Morgan fingerprint density at radius 3 is 2.80 bits per heavy atom. The Morgan fingerprint density at radius 2 is 2.20 bits per heavy atom. The molecule has 0 aromatic heterocycles. The normalized spacial score (nSPS) is 10.8. The van der Waals surface area contributed by atoms with Crippen molar-refractivity contribution in [1.29, 1.82) is 0 Å². The summed E-state index contributed by atoms with van der Waals surface area (Å²) in [6.45, 7) is -0.00538. The lowest BCUT2D eigenvalue weighted by molar-refractivity contribution is 0.199. The van der Waals surface area contributed by atoms with Crippen LogP contribution in [0.15, 0.2) is 18.2 Å². The third kappa shape index (κ3) is 5.57. The highest BCUT2D eigenvalue weighted by Crippen LogP contribution is 2.17. The number of hydrogen-bond acceptors (Lipinski definition) is 4. The van der Waals surface area contributed by atoms with Gasteiger partial charge in [0.15, 0.2) is 0 Å². The number of benzene rings is 1. The Kier molecular flexibility index (Phi) is 6.45. The van der Waals surface area contributed by atoms with Gasteiger partial charge in [-0.25, -0.2) is 12.8 Å². The Hall–Kier alpha value is -1.62. The monoisotopic (exact) mass is 301 g/mol. The van der Waals surface area contributed by atoms with Crippen molar-refractivity contribution in [3.05, 3.63) is 29.6 Å². The van der Waals surface area contributed by atoms with E-state index >= 15 is 0 Å². The summed E-state index contributed by atoms with van der Waals surface area (Å²) in [5, 5.41) is 8.54. The van der Waals surface area contributed by atoms with Crippen LogP contribution in [0.2, 0.25) is 0 Å². The summed E-state index contributed by atoms with van der Waals surface area (Å²) in [7, 11) is -2.13. The zero-order chi connectivity index (χ0) is 15.0. The first-order valence-corrected chi connectivity index (χ1v) is 7.52. The van der Waals surface area contributed by atoms with Crippen LogP contribution in [0, 0.1) is 17.7 Å². The molecule has 1 aromatic rings. The third-order valence-electron chi connectivity index (χ3n) is 2.31. The molecule has 0 fully saturated rings. The summed E-state index contributed by atoms with van der Waals surface area (Å²) in [5.74, 6) is 4.05. The zero-order valence-electron chi connectivity index (χ0n) is 11.0. The molecule has 20 heavy (non-hydrogen) atoms. The first-order chi connectivity index (χ1) is 9.48. The van der Waals surface area contributed by atoms with Crippen molar-refractivity contribution in [3.8, 4) is 11.8 Å². The number of anilines is 1. The second kappa shape index (κ2) is 7.85. The predicted octanol–water partition coefficient (Wildman–Crippen LogP) is 0.948. The molecule has 0 aliphatic heterocycles. The highest BCUT2D eigenvalue weighted by atomic mass is 32.2. The standard InChI is InChI=1S/C13H16FNO4S/c1-19-8-3-9-20(17,18)15-13-6-5-11(4-2-7-16)10-12(13)14/h5-6,10,15-16H,3,7-9H2,1H3. The molecule has 0 saturated heterocycles. The lowest BCUT2D eigenvalue weighted by Crippen LogP contribution is -2.18. The van der Waals surface area contributed by atoms with Gasteiger partial charge in [0.25, 0.3) is 0 Å². The third-order valence-corrected chi connectivity index (χ3v) is 3.66. The summed E-state index contributed by atoms with van der Waals surface area (Å²) < 4.78 is 44.0. The molecule has 110 valence electrons. The Bertz CT molecular complexity index is 605. The van der Waals surface area contributed by atoms with E-state index in [9.17, 15) is 12.8 Å². The molecule has 2 N–H and O–H groups in total. The number of hydrogen-bond donors (Lipinski definition) is 2. The molecule has 0 bridgehead atoms. The molecule has 1 aromatic carbocycles. The minimum Gasteiger partial charge on any atom is -0.385 e. The minimum atomic E-state index is -3.61. The Morgan fingerprint density at radius 1 is 1.45 bits per heavy atom. The molecule has 0 saturated carbocycles. The van der Waals surface area contributed by atoms with Crippen LogP contribution in [0.3, 0.4) is 0 Å². The lowest BCUT2D eigenvalue weighted by Gasteiger charge is -2.08. The van der Waals surface area contributed by atoms with Crippen molar-refractivity contribution in [3.63, 3.8) is 0 Å². The van der Waals surface area contributed by atoms with Gasteiger partial charge in [-0.2, -0.15) is 0 Å². The van der Waals surface area contributed by atoms with E-state index in [0.717, 1.165) is 6.07 Å². The van der Waals surface area contributed by atoms with Crippen molar-refractivity contribution in [2.24, 2.45) is 0 Å². The van der Waals surface area contributed by atoms with Gasteiger partial charge in [0, 0.05) is 19.3 Å². The van der Waals surface area contributed by atoms with Crippen LogP contribution in [-0.4, -0.2) is 39.6 Å². The van der Waals surface area contributed by atoms with E-state index in [4.69, 9.17) is 9.84 Å². The van der Waals surface area contributed by atoms with Gasteiger partial charge in [0.1, 0.15) is 12.4 Å². The number of aliphatic hydroxyl groups is 1. The molecule has 1 rings (SSSR count). The Labute approximate surface area is 117 Å². The predicted molar refractivity (Wildman–Crippen MR) is 74.3 cm³/mol. The second-order valence-corrected chi connectivity index (χ2v) is 5.76. The van der Waals surface area contributed by atoms with Gasteiger partial charge in [-0.15, -0.1) is 0 Å². The van der Waals surface area contributed by atoms with Gasteiger partial charge in [-0.3, -0.25) is 4.72 Å². The van der Waals surface area contributed by atoms with Gasteiger partial charge in [0.2, 0.25) is 10.0 Å². The maximum atomic E-state index is 13.7. The first kappa shape index (κ1) is 16.4. The van der Waals surface area contributed by atoms with Crippen LogP contribution < -0.4 is 4.72 Å². The first-order valence-electron chi connectivity index (χ1n) is 5.87. The summed E-state index contributed by atoms with van der Waals surface area (Å²) >= 11 is 0. The average molecular weight is 301 g/mol. The number of halogens is 1. The highest BCUT2D eigenvalue weighted by molar-refractivity contribution is 7.92. The van der Waals surface area contributed by atoms with Crippen LogP contribution in [0.25, 0.3) is 0 Å². The summed E-state index contributed by atoms with van der Waals surface area (Å²) in [5.41, 5.74) is 0.232. The Balaban J connectivity index is 2.78. The molecular formula is C13H16FNO4S. The maximum absolute atomic E-state index is 13.7. The highest BCUT2D eigenvalue weighted by Gasteiger charge is 2.13. The molecule has 0 aliphatic carbocycles. The molecule has 0 spiro atoms. The minimum absolute atomic E-state index is 0.128. The van der Waals surface area contributed by atoms with Crippen molar-refractivity contribution in [2.45, 2.75) is 6.42 Å². The van der Waals surface area contributed by atoms with E-state index in [1.165, 1.54) is 19.2 Å². The lowest BCUT2D eigenvalue weighted by atomic mass is 10.2. The number of sulfonamides is 1. The number of ether oxygens (including phenoxy) is 1. The fraction of sp³-hybridized carbons (Fsp3) is 0.385. The number of aliphatic hydroxyl groups excluding tert-OH is 1. The van der Waals surface area contributed by atoms with E-state index < -0.39 is 15.8 Å². The molecular weight excluding hydrogens is 285 g/mol. The summed E-state index contributed by atoms with van der Waals surface area (Å²) in [6, 6.07) is 3.87. The summed E-state index contributed by atoms with van der Waals surface area (Å²) in [6.07, 6.45) is 0.327. The maximum Gasteiger partial charge on any atom is 0.232 e. The summed E-state index contributed by atoms with van der Waals surface area (Å²) in [4.78, 5) is 0. The van der Waals surface area contributed by atoms with E-state index in [-0.39, 0.29) is 18.0 Å². The van der Waals surface area contributed by atoms with Gasteiger partial charge in [-0.1, -0.05) is 11.8 Å². The zero-order valence-corrected chi connectivity index (χ0v) is 11.8. The van der Waals surface area contributed by atoms with E-state index in [2.05, 4.69) is 16.6 Å². The number of rotatable bonds is 6. The van der Waals surface area contributed by atoms with Gasteiger partial charge in [-0.05, 0) is 24.6 Å². The smallest absolute Gasteiger partial charge is 0.232 e. The van der Waals surface area contributed by atoms with Gasteiger partial charge < -0.3 is 9.84 Å². The number of nitrogens with one attached hydrogen (secondary N) is 1. The molecule has 0 amide bonds. The van der Waals surface area contributed by atoms with E-state index in [0.29, 0.717) is 18.6 Å². The molecule has 0 unspecified atom stereocenters. The molecule has 7 heteroatoms. The SMILES string of the molecule is COCCCS(=O)(=O)Nc1ccc(C#CCO)cc1F. The average Bonchev–Trinajstić information content (AvgIpc) is 2.39. The van der Waals surface area contributed by atoms with Crippen LogP contribution >= 0.6 is 0 Å². The molecule has 0 atom stereocenters. The van der Waals surface area contributed by atoms with E-state index in [1.54, 1.807) is 0 Å². The van der Waals surface area contributed by atoms with Crippen molar-refractivity contribution < 1.29 is 22.7 Å². The van der Waals surface area contributed by atoms with Crippen molar-refractivity contribution in [2.75, 3.05) is 30.8 Å². The second-order valence-electron chi connectivity index (χ2n) is 3.92. The van der Waals surface area contributed by atoms with Crippen molar-refractivity contribution in [1.82, 2.24) is 0 Å². The number of methoxy groups -OCH3 is 1. The largest absolute Gasteiger partial charge is 0.385 e. The molecule has 5 nitrogen and oxygen atoms in total. The van der Waals surface area contributed by atoms with Gasteiger partial charge >= 0.3 is 0 Å². The topological polar surface area (TPSA) is 75.6 Å². The van der Waals surface area contributed by atoms with Gasteiger partial charge in [0.05, 0.1) is 11.4 Å². The molecule has 0 aliphatic rings. The van der Waals surface area contributed by atoms with Crippen LogP contribution in [0.5, 0.6) is 0 Å². The van der Waals surface area contributed by atoms with Crippen molar-refractivity contribution >= 4 is 15.7 Å². The quantitative estimate of drug-likeness (QED) is 0.606. The van der Waals surface area contributed by atoms with Crippen LogP contribution in [0.1, 0.15) is 12.0 Å². The van der Waals surface area contributed by atoms with Crippen LogP contribution in [0.4, 0.5) is 10.1 Å². The fourth-order valence-electron chi connectivity index (χ4n) is 1.43. The molecule has 0 heterocycles. The van der Waals surface area contributed by atoms with E-state index in [1.807, 2.05) is 0 Å². The fourth-order valence-corrected chi connectivity index (χ4v) is 2.53.